The van der Waals surface area contributed by atoms with E-state index in [-0.39, 0.29) is 5.91 Å². The average molecular weight is 494 g/mol. The van der Waals surface area contributed by atoms with Gasteiger partial charge in [-0.1, -0.05) is 41.6 Å². The lowest BCUT2D eigenvalue weighted by Crippen LogP contribution is -2.49. The van der Waals surface area contributed by atoms with Crippen molar-refractivity contribution >= 4 is 40.9 Å². The molecular formula is C24H24ClN7OS. The third-order valence-corrected chi connectivity index (χ3v) is 6.99. The highest BCUT2D eigenvalue weighted by atomic mass is 35.5. The molecule has 34 heavy (non-hydrogen) atoms. The number of rotatable bonds is 5. The van der Waals surface area contributed by atoms with E-state index in [1.807, 2.05) is 61.2 Å². The summed E-state index contributed by atoms with van der Waals surface area (Å²) in [6, 6.07) is 13.4. The summed E-state index contributed by atoms with van der Waals surface area (Å²) in [5, 5.41) is 5.84. The summed E-state index contributed by atoms with van der Waals surface area (Å²) < 4.78 is 1.75. The standard InChI is InChI=1S/C24H24ClN7OS/c1-16-14-17(2)32-23(27-16)28-24(29-32)34-15-18-6-3-4-7-19(18)22(33)31-12-10-30(11-13-31)21-20(25)8-5-9-26-21/h3-9,14H,10-13,15H2,1-2H3. The second-order valence-electron chi connectivity index (χ2n) is 8.18. The second kappa shape index (κ2) is 9.60. The molecule has 0 radical (unpaired) electrons. The second-order valence-corrected chi connectivity index (χ2v) is 9.53. The molecule has 1 saturated heterocycles. The summed E-state index contributed by atoms with van der Waals surface area (Å²) in [5.41, 5.74) is 3.58. The van der Waals surface area contributed by atoms with Crippen molar-refractivity contribution in [3.05, 3.63) is 76.2 Å². The van der Waals surface area contributed by atoms with E-state index in [4.69, 9.17) is 11.6 Å². The van der Waals surface area contributed by atoms with Crippen LogP contribution in [0.15, 0.2) is 53.8 Å². The predicted molar refractivity (Wildman–Crippen MR) is 134 cm³/mol. The van der Waals surface area contributed by atoms with Crippen LogP contribution in [0.4, 0.5) is 5.82 Å². The predicted octanol–water partition coefficient (Wildman–Crippen LogP) is 4.04. The van der Waals surface area contributed by atoms with Gasteiger partial charge in [-0.15, -0.1) is 5.10 Å². The molecule has 0 bridgehead atoms. The number of benzene rings is 1. The number of hydrogen-bond donors (Lipinski definition) is 0. The van der Waals surface area contributed by atoms with Crippen LogP contribution in [0.25, 0.3) is 5.78 Å². The Morgan fingerprint density at radius 2 is 1.85 bits per heavy atom. The largest absolute Gasteiger partial charge is 0.352 e. The first-order valence-corrected chi connectivity index (χ1v) is 12.4. The van der Waals surface area contributed by atoms with E-state index >= 15 is 0 Å². The number of aromatic nitrogens is 5. The molecule has 0 spiro atoms. The summed E-state index contributed by atoms with van der Waals surface area (Å²) in [5.74, 6) is 2.00. The monoisotopic (exact) mass is 493 g/mol. The minimum atomic E-state index is 0.0408. The third kappa shape index (κ3) is 4.58. The molecule has 4 aromatic rings. The highest BCUT2D eigenvalue weighted by Crippen LogP contribution is 2.26. The van der Waals surface area contributed by atoms with Crippen LogP contribution in [-0.4, -0.2) is 61.6 Å². The Morgan fingerprint density at radius 3 is 2.65 bits per heavy atom. The molecule has 0 saturated carbocycles. The molecule has 4 heterocycles. The molecule has 0 aliphatic carbocycles. The smallest absolute Gasteiger partial charge is 0.254 e. The van der Waals surface area contributed by atoms with Crippen molar-refractivity contribution in [2.24, 2.45) is 0 Å². The highest BCUT2D eigenvalue weighted by molar-refractivity contribution is 7.98. The fraction of sp³-hybridized carbons (Fsp3) is 0.292. The summed E-state index contributed by atoms with van der Waals surface area (Å²) in [6.07, 6.45) is 1.74. The van der Waals surface area contributed by atoms with Gasteiger partial charge in [-0.25, -0.2) is 14.5 Å². The van der Waals surface area contributed by atoms with Gasteiger partial charge < -0.3 is 9.80 Å². The quantitative estimate of drug-likeness (QED) is 0.388. The number of hydrogen-bond acceptors (Lipinski definition) is 7. The zero-order chi connectivity index (χ0) is 23.7. The van der Waals surface area contributed by atoms with Crippen LogP contribution >= 0.6 is 23.4 Å². The van der Waals surface area contributed by atoms with Gasteiger partial charge in [0, 0.05) is 55.1 Å². The van der Waals surface area contributed by atoms with E-state index in [1.54, 1.807) is 10.7 Å². The van der Waals surface area contributed by atoms with Crippen LogP contribution in [0, 0.1) is 13.8 Å². The third-order valence-electron chi connectivity index (χ3n) is 5.81. The minimum Gasteiger partial charge on any atom is -0.352 e. The van der Waals surface area contributed by atoms with Gasteiger partial charge in [0.1, 0.15) is 5.82 Å². The maximum Gasteiger partial charge on any atom is 0.254 e. The van der Waals surface area contributed by atoms with Crippen LogP contribution < -0.4 is 4.90 Å². The number of thioether (sulfide) groups is 1. The van der Waals surface area contributed by atoms with Crippen LogP contribution in [-0.2, 0) is 5.75 Å². The summed E-state index contributed by atoms with van der Waals surface area (Å²) in [7, 11) is 0. The maximum absolute atomic E-state index is 13.4. The Morgan fingerprint density at radius 1 is 1.06 bits per heavy atom. The lowest BCUT2D eigenvalue weighted by atomic mass is 10.1. The van der Waals surface area contributed by atoms with E-state index < -0.39 is 0 Å². The molecule has 0 N–H and O–H groups in total. The Labute approximate surface area is 207 Å². The number of piperazine rings is 1. The number of carbonyl (C=O) groups is 1. The molecule has 8 nitrogen and oxygen atoms in total. The molecule has 174 valence electrons. The first kappa shape index (κ1) is 22.6. The topological polar surface area (TPSA) is 79.5 Å². The molecule has 1 aromatic carbocycles. The Balaban J connectivity index is 1.27. The number of aryl methyl sites for hydroxylation is 2. The Bertz CT molecular complexity index is 1350. The van der Waals surface area contributed by atoms with Gasteiger partial charge in [-0.3, -0.25) is 4.79 Å². The summed E-state index contributed by atoms with van der Waals surface area (Å²) >= 11 is 7.80. The van der Waals surface area contributed by atoms with Crippen molar-refractivity contribution < 1.29 is 4.79 Å². The molecule has 0 atom stereocenters. The molecule has 0 unspecified atom stereocenters. The van der Waals surface area contributed by atoms with Gasteiger partial charge in [0.15, 0.2) is 0 Å². The maximum atomic E-state index is 13.4. The van der Waals surface area contributed by atoms with Crippen molar-refractivity contribution in [2.75, 3.05) is 31.1 Å². The number of halogens is 1. The number of anilines is 1. The van der Waals surface area contributed by atoms with Gasteiger partial charge in [0.05, 0.1) is 5.02 Å². The molecule has 1 aliphatic heterocycles. The van der Waals surface area contributed by atoms with Crippen molar-refractivity contribution in [3.63, 3.8) is 0 Å². The summed E-state index contributed by atoms with van der Waals surface area (Å²) in [4.78, 5) is 30.8. The van der Waals surface area contributed by atoms with E-state index in [0.717, 1.165) is 22.8 Å². The number of nitrogens with zero attached hydrogens (tertiary/aromatic N) is 7. The zero-order valence-corrected chi connectivity index (χ0v) is 20.6. The van der Waals surface area contributed by atoms with Crippen LogP contribution in [0.3, 0.4) is 0 Å². The zero-order valence-electron chi connectivity index (χ0n) is 19.0. The van der Waals surface area contributed by atoms with E-state index in [9.17, 15) is 4.79 Å². The van der Waals surface area contributed by atoms with Gasteiger partial charge in [0.2, 0.25) is 5.16 Å². The van der Waals surface area contributed by atoms with E-state index in [1.165, 1.54) is 11.8 Å². The first-order chi connectivity index (χ1) is 16.5. The number of fused-ring (bicyclic) bond motifs is 1. The molecule has 1 amide bonds. The van der Waals surface area contributed by atoms with Crippen molar-refractivity contribution in [1.29, 1.82) is 0 Å². The van der Waals surface area contributed by atoms with Crippen molar-refractivity contribution in [3.8, 4) is 0 Å². The van der Waals surface area contributed by atoms with Gasteiger partial charge in [-0.05, 0) is 43.7 Å². The van der Waals surface area contributed by atoms with Crippen molar-refractivity contribution in [1.82, 2.24) is 29.5 Å². The molecular weight excluding hydrogens is 470 g/mol. The van der Waals surface area contributed by atoms with Crippen LogP contribution in [0.1, 0.15) is 27.3 Å². The van der Waals surface area contributed by atoms with E-state index in [0.29, 0.717) is 53.5 Å². The first-order valence-electron chi connectivity index (χ1n) is 11.1. The van der Waals surface area contributed by atoms with Gasteiger partial charge in [-0.2, -0.15) is 4.98 Å². The Kier molecular flexibility index (Phi) is 6.38. The fourth-order valence-electron chi connectivity index (χ4n) is 4.11. The molecule has 3 aromatic heterocycles. The lowest BCUT2D eigenvalue weighted by Gasteiger charge is -2.36. The molecule has 1 aliphatic rings. The molecule has 10 heteroatoms. The highest BCUT2D eigenvalue weighted by Gasteiger charge is 2.25. The van der Waals surface area contributed by atoms with E-state index in [2.05, 4.69) is 25.0 Å². The number of pyridine rings is 1. The normalized spacial score (nSPS) is 14.1. The minimum absolute atomic E-state index is 0.0408. The van der Waals surface area contributed by atoms with Crippen LogP contribution in [0.2, 0.25) is 5.02 Å². The Hall–Kier alpha value is -3.17. The van der Waals surface area contributed by atoms with Crippen molar-refractivity contribution in [2.45, 2.75) is 24.8 Å². The SMILES string of the molecule is Cc1cc(C)n2nc(SCc3ccccc3C(=O)N3CCN(c4ncccc4Cl)CC3)nc2n1. The van der Waals surface area contributed by atoms with Crippen LogP contribution in [0.5, 0.6) is 0 Å². The fourth-order valence-corrected chi connectivity index (χ4v) is 5.17. The number of amides is 1. The lowest BCUT2D eigenvalue weighted by molar-refractivity contribution is 0.0745. The number of carbonyl (C=O) groups excluding carboxylic acids is 1. The average Bonchev–Trinajstić information content (AvgIpc) is 3.26. The van der Waals surface area contributed by atoms with Gasteiger partial charge >= 0.3 is 0 Å². The molecule has 1 fully saturated rings. The van der Waals surface area contributed by atoms with Gasteiger partial charge in [0.25, 0.3) is 11.7 Å². The summed E-state index contributed by atoms with van der Waals surface area (Å²) in [6.45, 7) is 6.55. The molecule has 5 rings (SSSR count).